The van der Waals surface area contributed by atoms with Crippen molar-refractivity contribution in [1.82, 2.24) is 5.32 Å². The molecule has 1 aliphatic rings. The Labute approximate surface area is 99.5 Å². The number of carbonyl (C=O) groups excluding carboxylic acids is 1. The van der Waals surface area contributed by atoms with Crippen molar-refractivity contribution in [2.45, 2.75) is 38.6 Å². The number of carbonyl (C=O) groups is 1. The molecule has 0 aliphatic heterocycles. The van der Waals surface area contributed by atoms with E-state index < -0.39 is 5.54 Å². The molecule has 0 radical (unpaired) electrons. The Kier molecular flexibility index (Phi) is 3.04. The van der Waals surface area contributed by atoms with Gasteiger partial charge in [-0.1, -0.05) is 0 Å². The average molecular weight is 239 g/mol. The van der Waals surface area contributed by atoms with Crippen LogP contribution in [0.25, 0.3) is 0 Å². The van der Waals surface area contributed by atoms with Gasteiger partial charge in [-0.15, -0.1) is 11.3 Å². The minimum atomic E-state index is -0.550. The normalized spacial score (nSPS) is 14.9. The van der Waals surface area contributed by atoms with Crippen molar-refractivity contribution in [3.05, 3.63) is 21.4 Å². The lowest BCUT2D eigenvalue weighted by Gasteiger charge is -2.22. The van der Waals surface area contributed by atoms with Crippen LogP contribution in [-0.2, 0) is 12.8 Å². The summed E-state index contributed by atoms with van der Waals surface area (Å²) in [5.41, 5.74) is 0.780. The first-order chi connectivity index (χ1) is 7.52. The average Bonchev–Trinajstić information content (AvgIpc) is 2.75. The third kappa shape index (κ3) is 2.28. The maximum atomic E-state index is 11.9. The smallest absolute Gasteiger partial charge is 0.261 e. The van der Waals surface area contributed by atoms with Crippen molar-refractivity contribution in [2.24, 2.45) is 0 Å². The maximum absolute atomic E-state index is 11.9. The van der Waals surface area contributed by atoms with E-state index in [1.165, 1.54) is 16.9 Å². The number of aliphatic hydroxyl groups excluding tert-OH is 1. The van der Waals surface area contributed by atoms with Crippen LogP contribution in [0.2, 0.25) is 0 Å². The molecule has 4 heteroatoms. The number of aryl methyl sites for hydroxylation is 2. The third-order valence-electron chi connectivity index (χ3n) is 2.82. The number of rotatable bonds is 3. The molecular formula is C12H17NO2S. The molecule has 0 atom stereocenters. The van der Waals surface area contributed by atoms with Crippen LogP contribution in [0.1, 0.15) is 40.4 Å². The minimum absolute atomic E-state index is 0.0518. The van der Waals surface area contributed by atoms with Gasteiger partial charge in [0, 0.05) is 4.88 Å². The summed E-state index contributed by atoms with van der Waals surface area (Å²) in [6.07, 6.45) is 3.42. The molecule has 1 heterocycles. The summed E-state index contributed by atoms with van der Waals surface area (Å²) in [7, 11) is 0. The van der Waals surface area contributed by atoms with Gasteiger partial charge in [-0.05, 0) is 44.7 Å². The Balaban J connectivity index is 2.10. The number of fused-ring (bicyclic) bond motifs is 1. The SMILES string of the molecule is CC(C)(CO)NC(=O)c1cc2c(s1)CCC2. The van der Waals surface area contributed by atoms with E-state index in [0.29, 0.717) is 0 Å². The fourth-order valence-corrected chi connectivity index (χ4v) is 3.00. The summed E-state index contributed by atoms with van der Waals surface area (Å²) < 4.78 is 0. The number of hydrogen-bond acceptors (Lipinski definition) is 3. The first-order valence-corrected chi connectivity index (χ1v) is 6.38. The summed E-state index contributed by atoms with van der Waals surface area (Å²) in [5, 5.41) is 11.9. The molecular weight excluding hydrogens is 222 g/mol. The first kappa shape index (κ1) is 11.6. The zero-order valence-electron chi connectivity index (χ0n) is 9.67. The summed E-state index contributed by atoms with van der Waals surface area (Å²) >= 11 is 1.59. The molecule has 2 N–H and O–H groups in total. The Bertz CT molecular complexity index is 388. The van der Waals surface area contributed by atoms with Crippen molar-refractivity contribution < 1.29 is 9.90 Å². The van der Waals surface area contributed by atoms with Crippen LogP contribution in [-0.4, -0.2) is 23.2 Å². The highest BCUT2D eigenvalue weighted by atomic mass is 32.1. The van der Waals surface area contributed by atoms with E-state index >= 15 is 0 Å². The Morgan fingerprint density at radius 1 is 1.56 bits per heavy atom. The summed E-state index contributed by atoms with van der Waals surface area (Å²) in [5.74, 6) is -0.0709. The van der Waals surface area contributed by atoms with Crippen molar-refractivity contribution in [3.8, 4) is 0 Å². The molecule has 0 unspecified atom stereocenters. The lowest BCUT2D eigenvalue weighted by atomic mass is 10.1. The summed E-state index contributed by atoms with van der Waals surface area (Å²) in [6.45, 7) is 3.57. The zero-order chi connectivity index (χ0) is 11.8. The molecule has 0 bridgehead atoms. The van der Waals surface area contributed by atoms with E-state index in [-0.39, 0.29) is 12.5 Å². The Morgan fingerprint density at radius 3 is 2.94 bits per heavy atom. The first-order valence-electron chi connectivity index (χ1n) is 5.57. The topological polar surface area (TPSA) is 49.3 Å². The fraction of sp³-hybridized carbons (Fsp3) is 0.583. The van der Waals surface area contributed by atoms with E-state index in [9.17, 15) is 4.79 Å². The van der Waals surface area contributed by atoms with Gasteiger partial charge in [0.25, 0.3) is 5.91 Å². The van der Waals surface area contributed by atoms with Crippen LogP contribution in [0.15, 0.2) is 6.07 Å². The molecule has 0 fully saturated rings. The molecule has 1 aliphatic carbocycles. The number of thiophene rings is 1. The van der Waals surface area contributed by atoms with Crippen molar-refractivity contribution in [2.75, 3.05) is 6.61 Å². The standard InChI is InChI=1S/C12H17NO2S/c1-12(2,7-14)13-11(15)10-6-8-4-3-5-9(8)16-10/h6,14H,3-5,7H2,1-2H3,(H,13,15). The van der Waals surface area contributed by atoms with Gasteiger partial charge < -0.3 is 10.4 Å². The van der Waals surface area contributed by atoms with Gasteiger partial charge in [0.2, 0.25) is 0 Å². The second-order valence-corrected chi connectivity index (χ2v) is 6.05. The van der Waals surface area contributed by atoms with Gasteiger partial charge >= 0.3 is 0 Å². The quantitative estimate of drug-likeness (QED) is 0.844. The van der Waals surface area contributed by atoms with E-state index in [1.807, 2.05) is 19.9 Å². The fourth-order valence-electron chi connectivity index (χ4n) is 1.85. The maximum Gasteiger partial charge on any atom is 0.261 e. The number of nitrogens with one attached hydrogen (secondary N) is 1. The lowest BCUT2D eigenvalue weighted by molar-refractivity contribution is 0.0873. The highest BCUT2D eigenvalue weighted by molar-refractivity contribution is 7.14. The Morgan fingerprint density at radius 2 is 2.31 bits per heavy atom. The Hall–Kier alpha value is -0.870. The van der Waals surface area contributed by atoms with Gasteiger partial charge in [-0.3, -0.25) is 4.79 Å². The van der Waals surface area contributed by atoms with Crippen molar-refractivity contribution >= 4 is 17.2 Å². The van der Waals surface area contributed by atoms with Gasteiger partial charge in [0.15, 0.2) is 0 Å². The largest absolute Gasteiger partial charge is 0.394 e. The molecule has 1 amide bonds. The molecule has 0 aromatic carbocycles. The van der Waals surface area contributed by atoms with Crippen LogP contribution < -0.4 is 5.32 Å². The van der Waals surface area contributed by atoms with Gasteiger partial charge in [0.05, 0.1) is 17.0 Å². The molecule has 3 nitrogen and oxygen atoms in total. The molecule has 0 spiro atoms. The highest BCUT2D eigenvalue weighted by Gasteiger charge is 2.23. The monoisotopic (exact) mass is 239 g/mol. The van der Waals surface area contributed by atoms with Gasteiger partial charge in [-0.2, -0.15) is 0 Å². The van der Waals surface area contributed by atoms with E-state index in [4.69, 9.17) is 5.11 Å². The van der Waals surface area contributed by atoms with Gasteiger partial charge in [-0.25, -0.2) is 0 Å². The van der Waals surface area contributed by atoms with Crippen LogP contribution in [0, 0.1) is 0 Å². The third-order valence-corrected chi connectivity index (χ3v) is 4.05. The molecule has 16 heavy (non-hydrogen) atoms. The molecule has 0 saturated heterocycles. The molecule has 1 aromatic rings. The number of hydrogen-bond donors (Lipinski definition) is 2. The number of aliphatic hydroxyl groups is 1. The predicted octanol–water partition coefficient (Wildman–Crippen LogP) is 1.74. The van der Waals surface area contributed by atoms with Crippen molar-refractivity contribution in [1.29, 1.82) is 0 Å². The van der Waals surface area contributed by atoms with Crippen molar-refractivity contribution in [3.63, 3.8) is 0 Å². The second kappa shape index (κ2) is 4.18. The summed E-state index contributed by atoms with van der Waals surface area (Å²) in [6, 6.07) is 2.00. The van der Waals surface area contributed by atoms with Crippen LogP contribution in [0.4, 0.5) is 0 Å². The molecule has 1 aromatic heterocycles. The van der Waals surface area contributed by atoms with Gasteiger partial charge in [0.1, 0.15) is 0 Å². The summed E-state index contributed by atoms with van der Waals surface area (Å²) in [4.78, 5) is 14.0. The van der Waals surface area contributed by atoms with E-state index in [0.717, 1.165) is 17.7 Å². The zero-order valence-corrected chi connectivity index (χ0v) is 10.5. The van der Waals surface area contributed by atoms with Crippen LogP contribution >= 0.6 is 11.3 Å². The number of amides is 1. The van der Waals surface area contributed by atoms with E-state index in [1.54, 1.807) is 11.3 Å². The lowest BCUT2D eigenvalue weighted by Crippen LogP contribution is -2.46. The second-order valence-electron chi connectivity index (χ2n) is 4.91. The van der Waals surface area contributed by atoms with Crippen LogP contribution in [0.3, 0.4) is 0 Å². The van der Waals surface area contributed by atoms with E-state index in [2.05, 4.69) is 5.32 Å². The molecule has 0 saturated carbocycles. The molecule has 88 valence electrons. The molecule has 2 rings (SSSR count). The van der Waals surface area contributed by atoms with Crippen LogP contribution in [0.5, 0.6) is 0 Å². The minimum Gasteiger partial charge on any atom is -0.394 e. The highest BCUT2D eigenvalue weighted by Crippen LogP contribution is 2.30. The predicted molar refractivity (Wildman–Crippen MR) is 65.0 cm³/mol.